The molecule has 0 bridgehead atoms. The van der Waals surface area contributed by atoms with Gasteiger partial charge in [0, 0.05) is 25.2 Å². The van der Waals surface area contributed by atoms with Crippen LogP contribution < -0.4 is 34.4 Å². The fourth-order valence-corrected chi connectivity index (χ4v) is 5.72. The Hall–Kier alpha value is -0.720. The van der Waals surface area contributed by atoms with Gasteiger partial charge in [0.05, 0.1) is 24.3 Å². The average molecular weight is 599 g/mol. The largest absolute Gasteiger partial charge is 0.389 e. The molecular weight excluding hydrogens is 552 g/mol. The Kier molecular flexibility index (Phi) is 10.9. The van der Waals surface area contributed by atoms with E-state index in [2.05, 4.69) is 0 Å². The van der Waals surface area contributed by atoms with Crippen molar-refractivity contribution < 1.29 is 59.1 Å². The van der Waals surface area contributed by atoms with Gasteiger partial charge in [-0.05, 0) is 13.3 Å². The lowest BCUT2D eigenvalue weighted by molar-refractivity contribution is -0.306. The normalized spacial score (nSPS) is 54.8. The minimum Gasteiger partial charge on any atom is -0.389 e. The van der Waals surface area contributed by atoms with Crippen LogP contribution in [0.1, 0.15) is 13.3 Å². The SMILES string of the molecule is C[C@H]1O[C@@H](O[C@@H]2C(O)[C@H](N)CC(N)[C@@H]2O[C@@H]2OC(CN)[C@H](O)[C@H](O)C2N)C(O)[C@H]1OC1O[C@@H](CN)C(O)C(O)[C@H]1N. The first-order chi connectivity index (χ1) is 19.3. The van der Waals surface area contributed by atoms with Crippen LogP contribution in [-0.2, 0) is 28.4 Å². The molecule has 4 fully saturated rings. The summed E-state index contributed by atoms with van der Waals surface area (Å²) in [6.07, 6.45) is -18.2. The molecule has 8 unspecified atom stereocenters. The fraction of sp³-hybridized carbons (Fsp3) is 1.00. The standard InChI is InChI=1S/C23H46N6O12/c1-5-18(39-21-10(28)15(33)13(31)8(3-24)37-21)17(35)23(36-5)41-20-12(30)6(26)2-7(27)19(20)40-22-11(29)16(34)14(32)9(4-25)38-22/h5-23,30-35H,2-4,24-29H2,1H3/t5-,6-,7?,8+,9?,10-,11?,12?,13?,14+,15?,16-,17?,18+,19+,20-,21?,22+,23+/m1/s1. The zero-order valence-corrected chi connectivity index (χ0v) is 22.7. The molecule has 18 nitrogen and oxygen atoms in total. The Labute approximate surface area is 236 Å². The highest BCUT2D eigenvalue weighted by molar-refractivity contribution is 5.02. The van der Waals surface area contributed by atoms with Crippen LogP contribution >= 0.6 is 0 Å². The van der Waals surface area contributed by atoms with E-state index in [1.165, 1.54) is 0 Å². The molecule has 0 spiro atoms. The monoisotopic (exact) mass is 598 g/mol. The van der Waals surface area contributed by atoms with Gasteiger partial charge in [0.25, 0.3) is 0 Å². The number of nitrogens with two attached hydrogens (primary N) is 6. The molecule has 3 heterocycles. The van der Waals surface area contributed by atoms with Gasteiger partial charge < -0.3 is 93.5 Å². The van der Waals surface area contributed by atoms with Crippen LogP contribution in [0.25, 0.3) is 0 Å². The van der Waals surface area contributed by atoms with E-state index in [1.54, 1.807) is 6.92 Å². The van der Waals surface area contributed by atoms with Gasteiger partial charge in [0.15, 0.2) is 18.9 Å². The van der Waals surface area contributed by atoms with Gasteiger partial charge >= 0.3 is 0 Å². The second kappa shape index (κ2) is 13.5. The van der Waals surface area contributed by atoms with Crippen molar-refractivity contribution >= 4 is 0 Å². The number of aliphatic hydroxyl groups excluding tert-OH is 6. The number of ether oxygens (including phenoxy) is 6. The molecular formula is C23H46N6O12. The van der Waals surface area contributed by atoms with Crippen LogP contribution in [-0.4, -0.2) is 160 Å². The Balaban J connectivity index is 1.47. The molecule has 0 radical (unpaired) electrons. The highest BCUT2D eigenvalue weighted by Crippen LogP contribution is 2.34. The predicted octanol–water partition coefficient (Wildman–Crippen LogP) is -7.87. The van der Waals surface area contributed by atoms with Crippen molar-refractivity contribution in [2.45, 2.75) is 130 Å². The van der Waals surface area contributed by atoms with E-state index >= 15 is 0 Å². The first-order valence-corrected chi connectivity index (χ1v) is 13.7. The third-order valence-corrected chi connectivity index (χ3v) is 8.33. The Bertz CT molecular complexity index is 851. The lowest BCUT2D eigenvalue weighted by atomic mass is 9.84. The summed E-state index contributed by atoms with van der Waals surface area (Å²) in [7, 11) is 0. The van der Waals surface area contributed by atoms with Crippen LogP contribution in [0.15, 0.2) is 0 Å². The molecule has 4 rings (SSSR count). The average Bonchev–Trinajstić information content (AvgIpc) is 3.20. The predicted molar refractivity (Wildman–Crippen MR) is 137 cm³/mol. The summed E-state index contributed by atoms with van der Waals surface area (Å²) >= 11 is 0. The summed E-state index contributed by atoms with van der Waals surface area (Å²) in [5.41, 5.74) is 35.7. The van der Waals surface area contributed by atoms with Gasteiger partial charge in [-0.2, -0.15) is 0 Å². The molecule has 0 amide bonds. The number of aliphatic hydroxyl groups is 6. The molecule has 1 saturated carbocycles. The van der Waals surface area contributed by atoms with Crippen molar-refractivity contribution in [3.05, 3.63) is 0 Å². The molecule has 19 atom stereocenters. The van der Waals surface area contributed by atoms with Crippen molar-refractivity contribution in [1.29, 1.82) is 0 Å². The second-order valence-electron chi connectivity index (χ2n) is 11.2. The van der Waals surface area contributed by atoms with Gasteiger partial charge in [0.1, 0.15) is 61.0 Å². The van der Waals surface area contributed by atoms with Gasteiger partial charge in [-0.25, -0.2) is 0 Å². The molecule has 3 aliphatic heterocycles. The van der Waals surface area contributed by atoms with Gasteiger partial charge in [-0.3, -0.25) is 0 Å². The van der Waals surface area contributed by atoms with E-state index in [-0.39, 0.29) is 19.5 Å². The Morgan fingerprint density at radius 2 is 1.02 bits per heavy atom. The Morgan fingerprint density at radius 1 is 0.561 bits per heavy atom. The van der Waals surface area contributed by atoms with Crippen LogP contribution in [0.4, 0.5) is 0 Å². The molecule has 4 aliphatic rings. The summed E-state index contributed by atoms with van der Waals surface area (Å²) in [5.74, 6) is 0. The van der Waals surface area contributed by atoms with Crippen molar-refractivity contribution in [2.75, 3.05) is 13.1 Å². The zero-order chi connectivity index (χ0) is 30.3. The van der Waals surface area contributed by atoms with E-state index in [4.69, 9.17) is 62.8 Å². The quantitative estimate of drug-likeness (QED) is 0.123. The number of rotatable bonds is 8. The maximum absolute atomic E-state index is 11.1. The van der Waals surface area contributed by atoms with Crippen LogP contribution in [0.3, 0.4) is 0 Å². The summed E-state index contributed by atoms with van der Waals surface area (Å²) in [4.78, 5) is 0. The number of hydrogen-bond donors (Lipinski definition) is 12. The summed E-state index contributed by atoms with van der Waals surface area (Å²) in [6.45, 7) is 1.34. The first-order valence-electron chi connectivity index (χ1n) is 13.7. The molecule has 240 valence electrons. The van der Waals surface area contributed by atoms with Crippen LogP contribution in [0.2, 0.25) is 0 Å². The highest BCUT2D eigenvalue weighted by Gasteiger charge is 2.53. The third-order valence-electron chi connectivity index (χ3n) is 8.33. The minimum atomic E-state index is -1.45. The molecule has 0 aromatic carbocycles. The summed E-state index contributed by atoms with van der Waals surface area (Å²) < 4.78 is 34.9. The number of hydrogen-bond acceptors (Lipinski definition) is 18. The summed E-state index contributed by atoms with van der Waals surface area (Å²) in [5, 5.41) is 63.0. The molecule has 18 N–H and O–H groups in total. The lowest BCUT2D eigenvalue weighted by Crippen LogP contribution is -2.68. The minimum absolute atomic E-state index is 0.117. The van der Waals surface area contributed by atoms with Gasteiger partial charge in [0.2, 0.25) is 0 Å². The van der Waals surface area contributed by atoms with Crippen molar-refractivity contribution in [3.8, 4) is 0 Å². The first kappa shape index (κ1) is 33.2. The smallest absolute Gasteiger partial charge is 0.187 e. The maximum atomic E-state index is 11.1. The molecule has 41 heavy (non-hydrogen) atoms. The maximum Gasteiger partial charge on any atom is 0.187 e. The van der Waals surface area contributed by atoms with Crippen molar-refractivity contribution in [3.63, 3.8) is 0 Å². The molecule has 3 saturated heterocycles. The third kappa shape index (κ3) is 6.55. The van der Waals surface area contributed by atoms with Crippen molar-refractivity contribution in [2.24, 2.45) is 34.4 Å². The molecule has 0 aromatic rings. The van der Waals surface area contributed by atoms with E-state index in [0.29, 0.717) is 0 Å². The van der Waals surface area contributed by atoms with Crippen LogP contribution in [0.5, 0.6) is 0 Å². The Morgan fingerprint density at radius 3 is 1.51 bits per heavy atom. The second-order valence-corrected chi connectivity index (χ2v) is 11.2. The van der Waals surface area contributed by atoms with E-state index in [9.17, 15) is 30.6 Å². The van der Waals surface area contributed by atoms with E-state index in [1.807, 2.05) is 0 Å². The molecule has 18 heteroatoms. The van der Waals surface area contributed by atoms with Gasteiger partial charge in [-0.15, -0.1) is 0 Å². The van der Waals surface area contributed by atoms with Gasteiger partial charge in [-0.1, -0.05) is 0 Å². The lowest BCUT2D eigenvalue weighted by Gasteiger charge is -2.47. The fourth-order valence-electron chi connectivity index (χ4n) is 5.72. The molecule has 0 aromatic heterocycles. The van der Waals surface area contributed by atoms with Crippen molar-refractivity contribution in [1.82, 2.24) is 0 Å². The zero-order valence-electron chi connectivity index (χ0n) is 22.7. The topological polar surface area (TPSA) is 333 Å². The van der Waals surface area contributed by atoms with E-state index in [0.717, 1.165) is 0 Å². The molecule has 1 aliphatic carbocycles. The van der Waals surface area contributed by atoms with Crippen LogP contribution in [0, 0.1) is 0 Å². The summed E-state index contributed by atoms with van der Waals surface area (Å²) in [6, 6.07) is -3.97. The highest BCUT2D eigenvalue weighted by atomic mass is 16.8. The van der Waals surface area contributed by atoms with E-state index < -0.39 is 116 Å².